The predicted octanol–water partition coefficient (Wildman–Crippen LogP) is 3.17. The Morgan fingerprint density at radius 2 is 1.72 bits per heavy atom. The number of carbonyl (C=O) groups excluding carboxylic acids is 1. The molecule has 0 saturated heterocycles. The van der Waals surface area contributed by atoms with E-state index in [1.54, 1.807) is 37.6 Å². The van der Waals surface area contributed by atoms with Crippen LogP contribution in [0.2, 0.25) is 0 Å². The fraction of sp³-hybridized carbons (Fsp3) is 0.200. The van der Waals surface area contributed by atoms with Gasteiger partial charge in [-0.05, 0) is 42.8 Å². The van der Waals surface area contributed by atoms with Gasteiger partial charge < -0.3 is 26.0 Å². The number of pyridine rings is 1. The van der Waals surface area contributed by atoms with Crippen molar-refractivity contribution in [2.24, 2.45) is 0 Å². The van der Waals surface area contributed by atoms with Crippen LogP contribution in [0.1, 0.15) is 5.56 Å². The number of aryl methyl sites for hydroxylation is 1. The maximum absolute atomic E-state index is 12.0. The molecule has 0 aliphatic carbocycles. The Kier molecular flexibility index (Phi) is 6.77. The molecule has 1 aromatic carbocycles. The lowest BCUT2D eigenvalue weighted by Gasteiger charge is -2.11. The van der Waals surface area contributed by atoms with Crippen molar-refractivity contribution in [1.29, 1.82) is 0 Å². The second kappa shape index (κ2) is 9.88. The summed E-state index contributed by atoms with van der Waals surface area (Å²) < 4.78 is 5.20. The lowest BCUT2D eigenvalue weighted by molar-refractivity contribution is 0.252. The van der Waals surface area contributed by atoms with E-state index < -0.39 is 0 Å². The highest BCUT2D eigenvalue weighted by Crippen LogP contribution is 2.22. The lowest BCUT2D eigenvalue weighted by atomic mass is 10.3. The van der Waals surface area contributed by atoms with E-state index in [-0.39, 0.29) is 6.03 Å². The Bertz CT molecular complexity index is 930. The van der Waals surface area contributed by atoms with Crippen LogP contribution in [-0.4, -0.2) is 41.4 Å². The van der Waals surface area contributed by atoms with Crippen LogP contribution < -0.4 is 26.0 Å². The number of anilines is 4. The third kappa shape index (κ3) is 6.06. The molecular weight excluding hydrogens is 370 g/mol. The summed E-state index contributed by atoms with van der Waals surface area (Å²) in [5.74, 6) is 2.52. The Hall–Kier alpha value is -3.88. The van der Waals surface area contributed by atoms with Gasteiger partial charge in [0, 0.05) is 19.3 Å². The minimum Gasteiger partial charge on any atom is -0.495 e. The first-order valence-electron chi connectivity index (χ1n) is 9.09. The van der Waals surface area contributed by atoms with Crippen molar-refractivity contribution >= 4 is 29.2 Å². The number of benzene rings is 1. The Morgan fingerprint density at radius 1 is 0.966 bits per heavy atom. The highest BCUT2D eigenvalue weighted by molar-refractivity contribution is 5.90. The molecule has 0 aliphatic rings. The van der Waals surface area contributed by atoms with E-state index in [9.17, 15) is 4.79 Å². The van der Waals surface area contributed by atoms with Crippen LogP contribution >= 0.6 is 0 Å². The van der Waals surface area contributed by atoms with Gasteiger partial charge in [0.15, 0.2) is 5.82 Å². The number of methoxy groups -OCH3 is 1. The van der Waals surface area contributed by atoms with Gasteiger partial charge in [-0.1, -0.05) is 18.2 Å². The number of hydrogen-bond acceptors (Lipinski definition) is 7. The van der Waals surface area contributed by atoms with E-state index in [0.29, 0.717) is 42.0 Å². The zero-order chi connectivity index (χ0) is 20.5. The van der Waals surface area contributed by atoms with Gasteiger partial charge in [0.05, 0.1) is 12.8 Å². The van der Waals surface area contributed by atoms with Crippen LogP contribution in [0.15, 0.2) is 54.7 Å². The molecular formula is C20H23N7O2. The standard InChI is InChI=1S/C20H23N7O2/c1-14-7-8-17(23-13-14)25-19-10-9-18(26-27-19)21-11-12-22-20(28)24-15-5-3-4-6-16(15)29-2/h3-10,13H,11-12H2,1-2H3,(H,21,26)(H2,22,24,28)(H,23,25,27). The molecule has 0 spiro atoms. The second-order valence-electron chi connectivity index (χ2n) is 6.16. The first-order valence-corrected chi connectivity index (χ1v) is 9.09. The van der Waals surface area contributed by atoms with Crippen LogP contribution in [0.3, 0.4) is 0 Å². The first-order chi connectivity index (χ1) is 14.1. The molecule has 0 saturated carbocycles. The zero-order valence-electron chi connectivity index (χ0n) is 16.3. The van der Waals surface area contributed by atoms with E-state index in [0.717, 1.165) is 5.56 Å². The maximum Gasteiger partial charge on any atom is 0.319 e. The van der Waals surface area contributed by atoms with Gasteiger partial charge in [0.2, 0.25) is 0 Å². The van der Waals surface area contributed by atoms with Crippen molar-refractivity contribution in [3.05, 3.63) is 60.3 Å². The fourth-order valence-corrected chi connectivity index (χ4v) is 2.45. The number of rotatable bonds is 8. The molecule has 0 fully saturated rings. The maximum atomic E-state index is 12.0. The van der Waals surface area contributed by atoms with Gasteiger partial charge in [-0.2, -0.15) is 0 Å². The summed E-state index contributed by atoms with van der Waals surface area (Å²) in [4.78, 5) is 16.2. The molecule has 29 heavy (non-hydrogen) atoms. The quantitative estimate of drug-likeness (QED) is 0.435. The summed E-state index contributed by atoms with van der Waals surface area (Å²) in [7, 11) is 1.56. The fourth-order valence-electron chi connectivity index (χ4n) is 2.45. The van der Waals surface area contributed by atoms with Crippen LogP contribution in [-0.2, 0) is 0 Å². The SMILES string of the molecule is COc1ccccc1NC(=O)NCCNc1ccc(Nc2ccc(C)cn2)nn1. The van der Waals surface area contributed by atoms with E-state index in [4.69, 9.17) is 4.74 Å². The van der Waals surface area contributed by atoms with E-state index in [1.807, 2.05) is 31.2 Å². The average Bonchev–Trinajstić information content (AvgIpc) is 2.74. The largest absolute Gasteiger partial charge is 0.495 e. The van der Waals surface area contributed by atoms with Gasteiger partial charge in [-0.15, -0.1) is 10.2 Å². The van der Waals surface area contributed by atoms with Crippen molar-refractivity contribution in [2.45, 2.75) is 6.92 Å². The summed E-state index contributed by atoms with van der Waals surface area (Å²) in [6.45, 7) is 2.89. The van der Waals surface area contributed by atoms with Crippen molar-refractivity contribution in [1.82, 2.24) is 20.5 Å². The minimum absolute atomic E-state index is 0.312. The number of amides is 2. The summed E-state index contributed by atoms with van der Waals surface area (Å²) in [5.41, 5.74) is 1.70. The van der Waals surface area contributed by atoms with Gasteiger partial charge in [0.1, 0.15) is 17.4 Å². The average molecular weight is 393 g/mol. The van der Waals surface area contributed by atoms with Crippen molar-refractivity contribution < 1.29 is 9.53 Å². The van der Waals surface area contributed by atoms with Crippen LogP contribution in [0.25, 0.3) is 0 Å². The molecule has 2 heterocycles. The first kappa shape index (κ1) is 19.9. The Labute approximate surface area is 168 Å². The topological polar surface area (TPSA) is 113 Å². The lowest BCUT2D eigenvalue weighted by Crippen LogP contribution is -2.32. The number of para-hydroxylation sites is 2. The Balaban J connectivity index is 1.40. The van der Waals surface area contributed by atoms with E-state index in [2.05, 4.69) is 36.4 Å². The van der Waals surface area contributed by atoms with Gasteiger partial charge >= 0.3 is 6.03 Å². The third-order valence-electron chi connectivity index (χ3n) is 3.90. The molecule has 0 radical (unpaired) electrons. The molecule has 0 atom stereocenters. The summed E-state index contributed by atoms with van der Waals surface area (Å²) in [6, 6.07) is 14.4. The van der Waals surface area contributed by atoms with E-state index in [1.165, 1.54) is 0 Å². The zero-order valence-corrected chi connectivity index (χ0v) is 16.3. The third-order valence-corrected chi connectivity index (χ3v) is 3.90. The van der Waals surface area contributed by atoms with Crippen LogP contribution in [0, 0.1) is 6.92 Å². The number of nitrogens with one attached hydrogen (secondary N) is 4. The highest BCUT2D eigenvalue weighted by atomic mass is 16.5. The number of nitrogens with zero attached hydrogens (tertiary/aromatic N) is 3. The molecule has 2 amide bonds. The molecule has 0 unspecified atom stereocenters. The van der Waals surface area contributed by atoms with Crippen molar-refractivity contribution in [3.8, 4) is 5.75 Å². The highest BCUT2D eigenvalue weighted by Gasteiger charge is 2.06. The second-order valence-corrected chi connectivity index (χ2v) is 6.16. The molecule has 150 valence electrons. The normalized spacial score (nSPS) is 10.1. The number of aromatic nitrogens is 3. The Morgan fingerprint density at radius 3 is 2.45 bits per heavy atom. The van der Waals surface area contributed by atoms with Crippen LogP contribution in [0.4, 0.5) is 27.9 Å². The molecule has 9 heteroatoms. The summed E-state index contributed by atoms with van der Waals surface area (Å²) in [6.07, 6.45) is 1.78. The minimum atomic E-state index is -0.312. The van der Waals surface area contributed by atoms with Crippen molar-refractivity contribution in [3.63, 3.8) is 0 Å². The summed E-state index contributed by atoms with van der Waals surface area (Å²) in [5, 5.41) is 19.9. The smallest absolute Gasteiger partial charge is 0.319 e. The van der Waals surface area contributed by atoms with Gasteiger partial charge in [-0.3, -0.25) is 0 Å². The van der Waals surface area contributed by atoms with Gasteiger partial charge in [-0.25, -0.2) is 9.78 Å². The number of urea groups is 1. The molecule has 4 N–H and O–H groups in total. The monoisotopic (exact) mass is 393 g/mol. The van der Waals surface area contributed by atoms with Crippen molar-refractivity contribution in [2.75, 3.05) is 36.1 Å². The molecule has 3 rings (SSSR count). The molecule has 0 aliphatic heterocycles. The van der Waals surface area contributed by atoms with Gasteiger partial charge in [0.25, 0.3) is 0 Å². The molecule has 2 aromatic heterocycles. The van der Waals surface area contributed by atoms with E-state index >= 15 is 0 Å². The molecule has 9 nitrogen and oxygen atoms in total. The molecule has 3 aromatic rings. The number of ether oxygens (including phenoxy) is 1. The summed E-state index contributed by atoms with van der Waals surface area (Å²) >= 11 is 0. The molecule has 0 bridgehead atoms. The number of carbonyl (C=O) groups is 1. The number of hydrogen-bond donors (Lipinski definition) is 4. The predicted molar refractivity (Wildman–Crippen MR) is 113 cm³/mol. The van der Waals surface area contributed by atoms with Crippen LogP contribution in [0.5, 0.6) is 5.75 Å².